The van der Waals surface area contributed by atoms with Gasteiger partial charge in [-0.05, 0) is 50.1 Å². The van der Waals surface area contributed by atoms with Gasteiger partial charge >= 0.3 is 0 Å². The topological polar surface area (TPSA) is 68.2 Å². The molecule has 1 aromatic heterocycles. The molecule has 0 saturated carbocycles. The van der Waals surface area contributed by atoms with Gasteiger partial charge in [0.2, 0.25) is 0 Å². The molecule has 0 aliphatic carbocycles. The Kier molecular flexibility index (Phi) is 3.91. The quantitative estimate of drug-likeness (QED) is 0.944. The number of carbonyl (C=O) groups excluding carboxylic acids is 1. The number of rotatable bonds is 3. The van der Waals surface area contributed by atoms with Crippen LogP contribution < -0.4 is 4.72 Å². The number of aryl methyl sites for hydroxylation is 3. The van der Waals surface area contributed by atoms with E-state index in [9.17, 15) is 13.2 Å². The van der Waals surface area contributed by atoms with Crippen LogP contribution in [-0.2, 0) is 17.1 Å². The lowest BCUT2D eigenvalue weighted by molar-refractivity contribution is 0.0973. The number of benzene rings is 1. The summed E-state index contributed by atoms with van der Waals surface area (Å²) in [6, 6.07) is 8.47. The van der Waals surface area contributed by atoms with Crippen LogP contribution >= 0.6 is 0 Å². The van der Waals surface area contributed by atoms with E-state index in [2.05, 4.69) is 4.72 Å². The standard InChI is InChI=1S/C15H18N2O3S/c1-10-5-6-11(2)14(9-10)21(19,20)16-15(18)13-8-7-12(3)17(13)4/h5-9H,1-4H3,(H,16,18). The summed E-state index contributed by atoms with van der Waals surface area (Å²) in [6.45, 7) is 5.35. The maximum absolute atomic E-state index is 12.4. The molecule has 2 rings (SSSR count). The van der Waals surface area contributed by atoms with Crippen molar-refractivity contribution in [2.24, 2.45) is 7.05 Å². The van der Waals surface area contributed by atoms with E-state index < -0.39 is 15.9 Å². The lowest BCUT2D eigenvalue weighted by Crippen LogP contribution is -2.32. The van der Waals surface area contributed by atoms with Gasteiger partial charge in [0.15, 0.2) is 0 Å². The average molecular weight is 306 g/mol. The molecule has 0 unspecified atom stereocenters. The van der Waals surface area contributed by atoms with Crippen molar-refractivity contribution in [3.05, 3.63) is 52.8 Å². The van der Waals surface area contributed by atoms with Gasteiger partial charge in [0.1, 0.15) is 5.69 Å². The monoisotopic (exact) mass is 306 g/mol. The fourth-order valence-corrected chi connectivity index (χ4v) is 3.36. The molecule has 0 aliphatic rings. The van der Waals surface area contributed by atoms with Gasteiger partial charge in [-0.1, -0.05) is 12.1 Å². The predicted molar refractivity (Wildman–Crippen MR) is 80.7 cm³/mol. The molecule has 1 amide bonds. The highest BCUT2D eigenvalue weighted by atomic mass is 32.2. The van der Waals surface area contributed by atoms with Gasteiger partial charge in [-0.3, -0.25) is 4.79 Å². The van der Waals surface area contributed by atoms with E-state index >= 15 is 0 Å². The first-order valence-electron chi connectivity index (χ1n) is 6.49. The van der Waals surface area contributed by atoms with Gasteiger partial charge in [0.05, 0.1) is 4.90 Å². The first-order chi connectivity index (χ1) is 9.72. The Hall–Kier alpha value is -2.08. The minimum Gasteiger partial charge on any atom is -0.344 e. The zero-order chi connectivity index (χ0) is 15.8. The van der Waals surface area contributed by atoms with Gasteiger partial charge in [-0.15, -0.1) is 0 Å². The SMILES string of the molecule is Cc1ccc(C)c(S(=O)(=O)NC(=O)c2ccc(C)n2C)c1. The molecular weight excluding hydrogens is 288 g/mol. The van der Waals surface area contributed by atoms with Crippen molar-refractivity contribution in [3.8, 4) is 0 Å². The van der Waals surface area contributed by atoms with E-state index in [1.54, 1.807) is 49.7 Å². The van der Waals surface area contributed by atoms with Crippen molar-refractivity contribution in [1.82, 2.24) is 9.29 Å². The Bertz CT molecular complexity index is 804. The van der Waals surface area contributed by atoms with Crippen molar-refractivity contribution in [3.63, 3.8) is 0 Å². The van der Waals surface area contributed by atoms with Gasteiger partial charge in [0, 0.05) is 12.7 Å². The average Bonchev–Trinajstić information content (AvgIpc) is 2.72. The Morgan fingerprint density at radius 1 is 1.10 bits per heavy atom. The predicted octanol–water partition coefficient (Wildman–Crippen LogP) is 2.07. The second kappa shape index (κ2) is 5.37. The summed E-state index contributed by atoms with van der Waals surface area (Å²) in [7, 11) is -2.16. The van der Waals surface area contributed by atoms with Gasteiger partial charge < -0.3 is 4.57 Å². The van der Waals surface area contributed by atoms with E-state index in [0.717, 1.165) is 11.3 Å². The molecule has 1 heterocycles. The van der Waals surface area contributed by atoms with Crippen molar-refractivity contribution in [1.29, 1.82) is 0 Å². The minimum atomic E-state index is -3.88. The lowest BCUT2D eigenvalue weighted by Gasteiger charge is -2.11. The van der Waals surface area contributed by atoms with Crippen LogP contribution in [0, 0.1) is 20.8 Å². The summed E-state index contributed by atoms with van der Waals surface area (Å²) in [4.78, 5) is 12.3. The number of nitrogens with one attached hydrogen (secondary N) is 1. The highest BCUT2D eigenvalue weighted by molar-refractivity contribution is 7.90. The summed E-state index contributed by atoms with van der Waals surface area (Å²) < 4.78 is 28.5. The molecule has 21 heavy (non-hydrogen) atoms. The second-order valence-corrected chi connectivity index (χ2v) is 6.77. The molecule has 0 atom stereocenters. The first-order valence-corrected chi connectivity index (χ1v) is 7.97. The van der Waals surface area contributed by atoms with E-state index in [4.69, 9.17) is 0 Å². The van der Waals surface area contributed by atoms with Crippen LogP contribution in [0.2, 0.25) is 0 Å². The third-order valence-corrected chi connectivity index (χ3v) is 4.94. The Morgan fingerprint density at radius 2 is 1.76 bits per heavy atom. The number of aromatic nitrogens is 1. The second-order valence-electron chi connectivity index (χ2n) is 5.12. The first kappa shape index (κ1) is 15.3. The molecular formula is C15H18N2O3S. The molecule has 1 N–H and O–H groups in total. The summed E-state index contributed by atoms with van der Waals surface area (Å²) in [5.74, 6) is -0.633. The summed E-state index contributed by atoms with van der Waals surface area (Å²) in [6.07, 6.45) is 0. The Balaban J connectivity index is 2.36. The molecule has 1 aromatic carbocycles. The van der Waals surface area contributed by atoms with E-state index in [-0.39, 0.29) is 4.90 Å². The zero-order valence-corrected chi connectivity index (χ0v) is 13.3. The van der Waals surface area contributed by atoms with Gasteiger partial charge in [-0.25, -0.2) is 13.1 Å². The number of sulfonamides is 1. The van der Waals surface area contributed by atoms with E-state index in [1.807, 2.05) is 13.0 Å². The van der Waals surface area contributed by atoms with Crippen molar-refractivity contribution in [2.75, 3.05) is 0 Å². The fraction of sp³-hybridized carbons (Fsp3) is 0.267. The molecule has 0 radical (unpaired) electrons. The van der Waals surface area contributed by atoms with Gasteiger partial charge in [-0.2, -0.15) is 0 Å². The maximum Gasteiger partial charge on any atom is 0.281 e. The normalized spacial score (nSPS) is 11.4. The van der Waals surface area contributed by atoms with Crippen LogP contribution in [0.25, 0.3) is 0 Å². The third kappa shape index (κ3) is 3.00. The van der Waals surface area contributed by atoms with Crippen LogP contribution in [-0.4, -0.2) is 18.9 Å². The number of nitrogens with zero attached hydrogens (tertiary/aromatic N) is 1. The molecule has 0 bridgehead atoms. The largest absolute Gasteiger partial charge is 0.344 e. The molecule has 0 aliphatic heterocycles. The number of hydrogen-bond donors (Lipinski definition) is 1. The highest BCUT2D eigenvalue weighted by Gasteiger charge is 2.22. The Labute approximate surface area is 124 Å². The van der Waals surface area contributed by atoms with Crippen molar-refractivity contribution >= 4 is 15.9 Å². The van der Waals surface area contributed by atoms with E-state index in [1.165, 1.54) is 0 Å². The van der Waals surface area contributed by atoms with Crippen LogP contribution in [0.1, 0.15) is 27.3 Å². The lowest BCUT2D eigenvalue weighted by atomic mass is 10.2. The highest BCUT2D eigenvalue weighted by Crippen LogP contribution is 2.17. The van der Waals surface area contributed by atoms with Gasteiger partial charge in [0.25, 0.3) is 15.9 Å². The molecule has 0 fully saturated rings. The number of carbonyl (C=O) groups is 1. The molecule has 6 heteroatoms. The number of hydrogen-bond acceptors (Lipinski definition) is 3. The summed E-state index contributed by atoms with van der Waals surface area (Å²) >= 11 is 0. The Morgan fingerprint density at radius 3 is 2.33 bits per heavy atom. The van der Waals surface area contributed by atoms with Crippen LogP contribution in [0.4, 0.5) is 0 Å². The van der Waals surface area contributed by atoms with Crippen molar-refractivity contribution < 1.29 is 13.2 Å². The van der Waals surface area contributed by atoms with Crippen molar-refractivity contribution in [2.45, 2.75) is 25.7 Å². The van der Waals surface area contributed by atoms with E-state index in [0.29, 0.717) is 11.3 Å². The molecule has 0 saturated heterocycles. The minimum absolute atomic E-state index is 0.127. The zero-order valence-electron chi connectivity index (χ0n) is 12.5. The molecule has 2 aromatic rings. The maximum atomic E-state index is 12.4. The van der Waals surface area contributed by atoms with Crippen LogP contribution in [0.5, 0.6) is 0 Å². The third-order valence-electron chi connectivity index (χ3n) is 3.47. The molecule has 112 valence electrons. The summed E-state index contributed by atoms with van der Waals surface area (Å²) in [5.41, 5.74) is 2.61. The molecule has 0 spiro atoms. The van der Waals surface area contributed by atoms with Crippen LogP contribution in [0.15, 0.2) is 35.2 Å². The molecule has 5 nitrogen and oxygen atoms in total. The van der Waals surface area contributed by atoms with Crippen LogP contribution in [0.3, 0.4) is 0 Å². The number of amides is 1. The summed E-state index contributed by atoms with van der Waals surface area (Å²) in [5, 5.41) is 0. The smallest absolute Gasteiger partial charge is 0.281 e. The fourth-order valence-electron chi connectivity index (χ4n) is 2.07.